The Morgan fingerprint density at radius 1 is 1.54 bits per heavy atom. The summed E-state index contributed by atoms with van der Waals surface area (Å²) in [5.74, 6) is 0. The van der Waals surface area contributed by atoms with Crippen LogP contribution in [0.3, 0.4) is 0 Å². The van der Waals surface area contributed by atoms with Crippen LogP contribution in [-0.2, 0) is 9.47 Å². The molecule has 2 unspecified atom stereocenters. The summed E-state index contributed by atoms with van der Waals surface area (Å²) in [6.45, 7) is 5.56. The number of hydrogen-bond donors (Lipinski definition) is 2. The summed E-state index contributed by atoms with van der Waals surface area (Å²) in [6.07, 6.45) is -1.50. The fourth-order valence-electron chi connectivity index (χ4n) is 1.01. The highest BCUT2D eigenvalue weighted by molar-refractivity contribution is 5.84. The van der Waals surface area contributed by atoms with Gasteiger partial charge in [-0.25, -0.2) is 0 Å². The molecule has 0 radical (unpaired) electrons. The van der Waals surface area contributed by atoms with Gasteiger partial charge in [-0.3, -0.25) is 0 Å². The zero-order valence-electron chi connectivity index (χ0n) is 8.33. The van der Waals surface area contributed by atoms with Gasteiger partial charge in [0.05, 0.1) is 6.61 Å². The van der Waals surface area contributed by atoms with Crippen molar-refractivity contribution in [2.45, 2.75) is 19.1 Å². The summed E-state index contributed by atoms with van der Waals surface area (Å²) in [6, 6.07) is 0. The number of nitrogens with one attached hydrogen (secondary N) is 1. The van der Waals surface area contributed by atoms with E-state index >= 15 is 0 Å². The zero-order chi connectivity index (χ0) is 10.4. The topological polar surface area (TPSA) is 62.5 Å². The molecule has 4 nitrogen and oxygen atoms in total. The maximum absolute atomic E-state index is 9.52. The lowest BCUT2D eigenvalue weighted by atomic mass is 10.0. The molecule has 0 rings (SSSR count). The van der Waals surface area contributed by atoms with Gasteiger partial charge in [0.15, 0.2) is 0 Å². The number of hydrogen-bond acceptors (Lipinski definition) is 4. The summed E-state index contributed by atoms with van der Waals surface area (Å²) < 4.78 is 9.87. The fraction of sp³-hybridized carbons (Fsp3) is 0.667. The van der Waals surface area contributed by atoms with Crippen LogP contribution < -0.4 is 0 Å². The molecule has 0 aliphatic carbocycles. The third kappa shape index (κ3) is 3.67. The van der Waals surface area contributed by atoms with Gasteiger partial charge >= 0.3 is 0 Å². The van der Waals surface area contributed by atoms with Gasteiger partial charge in [-0.1, -0.05) is 6.58 Å². The van der Waals surface area contributed by atoms with Crippen molar-refractivity contribution in [2.75, 3.05) is 20.8 Å². The Bertz CT molecular complexity index is 191. The first kappa shape index (κ1) is 12.3. The second kappa shape index (κ2) is 5.85. The molecule has 0 aromatic rings. The minimum Gasteiger partial charge on any atom is -0.384 e. The lowest BCUT2D eigenvalue weighted by Crippen LogP contribution is -2.36. The van der Waals surface area contributed by atoms with Gasteiger partial charge in [-0.15, -0.1) is 0 Å². The first-order chi connectivity index (χ1) is 6.04. The molecule has 0 spiro atoms. The van der Waals surface area contributed by atoms with Crippen molar-refractivity contribution in [2.24, 2.45) is 0 Å². The predicted molar refractivity (Wildman–Crippen MR) is 51.2 cm³/mol. The van der Waals surface area contributed by atoms with Crippen molar-refractivity contribution in [1.82, 2.24) is 0 Å². The van der Waals surface area contributed by atoms with Crippen LogP contribution in [0, 0.1) is 5.41 Å². The molecule has 4 heteroatoms. The molecule has 0 aliphatic heterocycles. The third-order valence-electron chi connectivity index (χ3n) is 1.72. The van der Waals surface area contributed by atoms with Gasteiger partial charge in [0, 0.05) is 19.9 Å². The largest absolute Gasteiger partial charge is 0.384 e. The Morgan fingerprint density at radius 2 is 2.08 bits per heavy atom. The molecular weight excluding hydrogens is 170 g/mol. The van der Waals surface area contributed by atoms with Gasteiger partial charge in [0.1, 0.15) is 12.2 Å². The van der Waals surface area contributed by atoms with E-state index in [1.54, 1.807) is 7.11 Å². The molecule has 76 valence electrons. The Hall–Kier alpha value is -0.710. The second-order valence-corrected chi connectivity index (χ2v) is 2.88. The molecule has 0 bridgehead atoms. The molecule has 0 aliphatic rings. The Morgan fingerprint density at radius 3 is 2.38 bits per heavy atom. The van der Waals surface area contributed by atoms with Gasteiger partial charge in [0.2, 0.25) is 0 Å². The average molecular weight is 187 g/mol. The van der Waals surface area contributed by atoms with E-state index in [2.05, 4.69) is 6.58 Å². The van der Waals surface area contributed by atoms with Crippen molar-refractivity contribution >= 4 is 5.71 Å². The zero-order valence-corrected chi connectivity index (χ0v) is 8.33. The molecular formula is C9H17NO3. The van der Waals surface area contributed by atoms with Crippen LogP contribution >= 0.6 is 0 Å². The third-order valence-corrected chi connectivity index (χ3v) is 1.72. The minimum absolute atomic E-state index is 0.157. The quantitative estimate of drug-likeness (QED) is 0.473. The predicted octanol–water partition coefficient (Wildman–Crippen LogP) is 0.605. The van der Waals surface area contributed by atoms with Crippen LogP contribution in [0.4, 0.5) is 0 Å². The standard InChI is InChI=1S/C9H17NO3/c1-6(5-12-3)9(13-4)8(11)7(2)10/h8-11H,1,5H2,2-4H3. The van der Waals surface area contributed by atoms with Gasteiger partial charge in [-0.05, 0) is 12.5 Å². The molecule has 2 atom stereocenters. The van der Waals surface area contributed by atoms with Crippen LogP contribution in [0.1, 0.15) is 6.92 Å². The fourth-order valence-corrected chi connectivity index (χ4v) is 1.01. The maximum Gasteiger partial charge on any atom is 0.121 e. The summed E-state index contributed by atoms with van der Waals surface area (Å²) in [4.78, 5) is 0. The molecule has 0 saturated carbocycles. The highest BCUT2D eigenvalue weighted by Gasteiger charge is 2.23. The van der Waals surface area contributed by atoms with Crippen LogP contribution in [0.5, 0.6) is 0 Å². The van der Waals surface area contributed by atoms with E-state index in [0.29, 0.717) is 12.2 Å². The molecule has 0 saturated heterocycles. The first-order valence-corrected chi connectivity index (χ1v) is 3.97. The maximum atomic E-state index is 9.52. The highest BCUT2D eigenvalue weighted by atomic mass is 16.5. The van der Waals surface area contributed by atoms with Crippen LogP contribution in [0.2, 0.25) is 0 Å². The van der Waals surface area contributed by atoms with Crippen LogP contribution in [-0.4, -0.2) is 43.9 Å². The van der Waals surface area contributed by atoms with Gasteiger partial charge < -0.3 is 20.0 Å². The molecule has 0 aromatic heterocycles. The summed E-state index contributed by atoms with van der Waals surface area (Å²) in [7, 11) is 3.01. The van der Waals surface area contributed by atoms with E-state index in [-0.39, 0.29) is 5.71 Å². The van der Waals surface area contributed by atoms with Crippen LogP contribution in [0.25, 0.3) is 0 Å². The number of aliphatic hydroxyl groups excluding tert-OH is 1. The van der Waals surface area contributed by atoms with Crippen molar-refractivity contribution in [3.8, 4) is 0 Å². The molecule has 13 heavy (non-hydrogen) atoms. The number of rotatable bonds is 6. The second-order valence-electron chi connectivity index (χ2n) is 2.88. The van der Waals surface area contributed by atoms with E-state index < -0.39 is 12.2 Å². The lowest BCUT2D eigenvalue weighted by molar-refractivity contribution is 0.0354. The summed E-state index contributed by atoms with van der Waals surface area (Å²) >= 11 is 0. The average Bonchev–Trinajstić information content (AvgIpc) is 2.05. The van der Waals surface area contributed by atoms with Crippen molar-refractivity contribution in [3.63, 3.8) is 0 Å². The monoisotopic (exact) mass is 187 g/mol. The van der Waals surface area contributed by atoms with Gasteiger partial charge in [0.25, 0.3) is 0 Å². The Kier molecular flexibility index (Phi) is 5.53. The molecule has 0 amide bonds. The molecule has 0 fully saturated rings. The highest BCUT2D eigenvalue weighted by Crippen LogP contribution is 2.10. The minimum atomic E-state index is -0.937. The smallest absolute Gasteiger partial charge is 0.121 e. The lowest BCUT2D eigenvalue weighted by Gasteiger charge is -2.22. The molecule has 2 N–H and O–H groups in total. The van der Waals surface area contributed by atoms with Crippen molar-refractivity contribution in [3.05, 3.63) is 12.2 Å². The van der Waals surface area contributed by atoms with E-state index in [4.69, 9.17) is 14.9 Å². The number of ether oxygens (including phenoxy) is 2. The summed E-state index contributed by atoms with van der Waals surface area (Å²) in [5, 5.41) is 16.8. The molecule has 0 aromatic carbocycles. The first-order valence-electron chi connectivity index (χ1n) is 3.97. The Balaban J connectivity index is 4.31. The number of methoxy groups -OCH3 is 2. The van der Waals surface area contributed by atoms with Crippen molar-refractivity contribution < 1.29 is 14.6 Å². The van der Waals surface area contributed by atoms with E-state index in [9.17, 15) is 5.11 Å². The number of aliphatic hydroxyl groups is 1. The Labute approximate surface area is 78.7 Å². The van der Waals surface area contributed by atoms with Crippen molar-refractivity contribution in [1.29, 1.82) is 5.41 Å². The van der Waals surface area contributed by atoms with E-state index in [1.165, 1.54) is 14.0 Å². The van der Waals surface area contributed by atoms with Crippen LogP contribution in [0.15, 0.2) is 12.2 Å². The van der Waals surface area contributed by atoms with Gasteiger partial charge in [-0.2, -0.15) is 0 Å². The normalized spacial score (nSPS) is 15.1. The van der Waals surface area contributed by atoms with E-state index in [1.807, 2.05) is 0 Å². The SMILES string of the molecule is C=C(COC)C(OC)C(O)C(C)=N. The van der Waals surface area contributed by atoms with E-state index in [0.717, 1.165) is 0 Å². The molecule has 0 heterocycles. The summed E-state index contributed by atoms with van der Waals surface area (Å²) in [5.41, 5.74) is 0.785.